The van der Waals surface area contributed by atoms with Crippen molar-refractivity contribution in [1.82, 2.24) is 24.4 Å². The molecule has 1 amide bonds. The molecule has 0 saturated heterocycles. The van der Waals surface area contributed by atoms with Crippen LogP contribution < -0.4 is 15.7 Å². The number of aromatic nitrogens is 3. The molecule has 1 aromatic heterocycles. The quantitative estimate of drug-likeness (QED) is 0.594. The highest BCUT2D eigenvalue weighted by Gasteiger charge is 2.23. The minimum atomic E-state index is -3.65. The first-order valence-corrected chi connectivity index (χ1v) is 12.5. The first kappa shape index (κ1) is 21.8. The Morgan fingerprint density at radius 3 is 2.74 bits per heavy atom. The molecule has 0 radical (unpaired) electrons. The minimum Gasteiger partial charge on any atom is -0.352 e. The predicted molar refractivity (Wildman–Crippen MR) is 115 cm³/mol. The van der Waals surface area contributed by atoms with Crippen LogP contribution in [0.5, 0.6) is 0 Å². The van der Waals surface area contributed by atoms with Gasteiger partial charge in [0.05, 0.1) is 4.90 Å². The topological polar surface area (TPSA) is 115 Å². The summed E-state index contributed by atoms with van der Waals surface area (Å²) in [5, 5.41) is 7.18. The summed E-state index contributed by atoms with van der Waals surface area (Å²) in [6.45, 7) is 1.52. The number of sulfonamides is 1. The monoisotopic (exact) mass is 447 g/mol. The number of carbonyl (C=O) groups excluding carboxylic acids is 1. The summed E-state index contributed by atoms with van der Waals surface area (Å²) in [5.74, 6) is 0.499. The summed E-state index contributed by atoms with van der Waals surface area (Å²) < 4.78 is 31.2. The van der Waals surface area contributed by atoms with E-state index < -0.39 is 10.0 Å². The van der Waals surface area contributed by atoms with Crippen LogP contribution in [-0.4, -0.2) is 41.3 Å². The third-order valence-electron chi connectivity index (χ3n) is 5.95. The minimum absolute atomic E-state index is 0.0282. The zero-order valence-corrected chi connectivity index (χ0v) is 18.4. The highest BCUT2D eigenvalue weighted by molar-refractivity contribution is 7.89. The average Bonchev–Trinajstić information content (AvgIpc) is 3.39. The number of fused-ring (bicyclic) bond motifs is 1. The van der Waals surface area contributed by atoms with E-state index in [9.17, 15) is 18.0 Å². The second-order valence-electron chi connectivity index (χ2n) is 8.27. The number of carbonyl (C=O) groups is 1. The number of amides is 1. The van der Waals surface area contributed by atoms with Gasteiger partial charge in [0.1, 0.15) is 5.82 Å². The molecule has 0 unspecified atom stereocenters. The molecule has 4 rings (SSSR count). The maximum Gasteiger partial charge on any atom is 0.345 e. The predicted octanol–water partition coefficient (Wildman–Crippen LogP) is 1.42. The molecular formula is C21H29N5O4S. The average molecular weight is 448 g/mol. The lowest BCUT2D eigenvalue weighted by Gasteiger charge is -2.13. The first-order valence-electron chi connectivity index (χ1n) is 11.0. The molecule has 9 nitrogen and oxygen atoms in total. The molecule has 0 bridgehead atoms. The zero-order chi connectivity index (χ0) is 21.8. The summed E-state index contributed by atoms with van der Waals surface area (Å²) in [6, 6.07) is 6.05. The summed E-state index contributed by atoms with van der Waals surface area (Å²) in [5.41, 5.74) is 0.206. The molecule has 0 spiro atoms. The number of benzene rings is 1. The van der Waals surface area contributed by atoms with Gasteiger partial charge >= 0.3 is 5.69 Å². The number of nitrogens with one attached hydrogen (secondary N) is 2. The molecule has 2 heterocycles. The smallest absolute Gasteiger partial charge is 0.345 e. The molecule has 1 aliphatic heterocycles. The van der Waals surface area contributed by atoms with E-state index in [-0.39, 0.29) is 22.5 Å². The highest BCUT2D eigenvalue weighted by Crippen LogP contribution is 2.21. The van der Waals surface area contributed by atoms with Gasteiger partial charge < -0.3 is 5.32 Å². The van der Waals surface area contributed by atoms with E-state index >= 15 is 0 Å². The first-order chi connectivity index (χ1) is 14.9. The van der Waals surface area contributed by atoms with Crippen LogP contribution in [0, 0.1) is 0 Å². The van der Waals surface area contributed by atoms with Crippen LogP contribution in [0.3, 0.4) is 0 Å². The van der Waals surface area contributed by atoms with Gasteiger partial charge in [-0.3, -0.25) is 9.36 Å². The Labute approximate surface area is 181 Å². The van der Waals surface area contributed by atoms with E-state index in [0.29, 0.717) is 25.1 Å². The van der Waals surface area contributed by atoms with Crippen LogP contribution in [-0.2, 0) is 29.5 Å². The SMILES string of the molecule is O=C(NCCCn1nc2n(c1=O)CCCC2)c1cccc(S(=O)(=O)NC2CCCC2)c1. The van der Waals surface area contributed by atoms with Crippen molar-refractivity contribution in [2.24, 2.45) is 0 Å². The molecule has 168 valence electrons. The van der Waals surface area contributed by atoms with Gasteiger partial charge in [0, 0.05) is 37.7 Å². The van der Waals surface area contributed by atoms with Crippen molar-refractivity contribution in [2.75, 3.05) is 6.54 Å². The van der Waals surface area contributed by atoms with E-state index in [1.54, 1.807) is 16.7 Å². The number of hydrogen-bond acceptors (Lipinski definition) is 5. The fourth-order valence-corrected chi connectivity index (χ4v) is 5.61. The van der Waals surface area contributed by atoms with Gasteiger partial charge in [0.25, 0.3) is 5.91 Å². The Kier molecular flexibility index (Phi) is 6.57. The van der Waals surface area contributed by atoms with Crippen molar-refractivity contribution in [3.05, 3.63) is 46.1 Å². The third-order valence-corrected chi connectivity index (χ3v) is 7.47. The molecular weight excluding hydrogens is 418 g/mol. The van der Waals surface area contributed by atoms with E-state index in [2.05, 4.69) is 15.1 Å². The summed E-state index contributed by atoms with van der Waals surface area (Å²) >= 11 is 0. The van der Waals surface area contributed by atoms with Crippen molar-refractivity contribution in [3.8, 4) is 0 Å². The molecule has 1 aliphatic carbocycles. The third kappa shape index (κ3) is 5.07. The van der Waals surface area contributed by atoms with Crippen LogP contribution in [0.1, 0.15) is 61.1 Å². The van der Waals surface area contributed by atoms with E-state index in [4.69, 9.17) is 0 Å². The molecule has 31 heavy (non-hydrogen) atoms. The number of nitrogens with zero attached hydrogens (tertiary/aromatic N) is 3. The maximum atomic E-state index is 12.6. The van der Waals surface area contributed by atoms with Gasteiger partial charge in [-0.1, -0.05) is 18.9 Å². The van der Waals surface area contributed by atoms with E-state index in [1.807, 2.05) is 0 Å². The van der Waals surface area contributed by atoms with E-state index in [0.717, 1.165) is 57.3 Å². The molecule has 1 aromatic carbocycles. The molecule has 0 atom stereocenters. The lowest BCUT2D eigenvalue weighted by molar-refractivity contribution is 0.0952. The Morgan fingerprint density at radius 1 is 1.16 bits per heavy atom. The van der Waals surface area contributed by atoms with Crippen LogP contribution in [0.25, 0.3) is 0 Å². The van der Waals surface area contributed by atoms with Crippen LogP contribution in [0.15, 0.2) is 34.0 Å². The summed E-state index contributed by atoms with van der Waals surface area (Å²) in [6.07, 6.45) is 7.20. The van der Waals surface area contributed by atoms with Crippen molar-refractivity contribution in [1.29, 1.82) is 0 Å². The Bertz CT molecular complexity index is 1100. The molecule has 10 heteroatoms. The van der Waals surface area contributed by atoms with Gasteiger partial charge in [-0.15, -0.1) is 0 Å². The van der Waals surface area contributed by atoms with Gasteiger partial charge in [-0.05, 0) is 50.3 Å². The van der Waals surface area contributed by atoms with Crippen molar-refractivity contribution in [2.45, 2.75) is 75.4 Å². The van der Waals surface area contributed by atoms with Crippen molar-refractivity contribution in [3.63, 3.8) is 0 Å². The largest absolute Gasteiger partial charge is 0.352 e. The lowest BCUT2D eigenvalue weighted by Crippen LogP contribution is -2.33. The normalized spacial score (nSPS) is 16.9. The number of hydrogen-bond donors (Lipinski definition) is 2. The van der Waals surface area contributed by atoms with Crippen LogP contribution in [0.2, 0.25) is 0 Å². The van der Waals surface area contributed by atoms with Gasteiger partial charge in [0.2, 0.25) is 10.0 Å². The fraction of sp³-hybridized carbons (Fsp3) is 0.571. The maximum absolute atomic E-state index is 12.6. The van der Waals surface area contributed by atoms with E-state index in [1.165, 1.54) is 16.8 Å². The van der Waals surface area contributed by atoms with Gasteiger partial charge in [-0.25, -0.2) is 22.6 Å². The standard InChI is InChI=1S/C21H29N5O4S/c27-20(22-12-6-14-26-21(28)25-13-4-3-11-19(25)23-26)16-7-5-10-18(15-16)31(29,30)24-17-8-1-2-9-17/h5,7,10,15,17,24H,1-4,6,8-9,11-14H2,(H,22,27). The second-order valence-corrected chi connectivity index (χ2v) is 9.98. The van der Waals surface area contributed by atoms with Crippen molar-refractivity contribution >= 4 is 15.9 Å². The van der Waals surface area contributed by atoms with Crippen LogP contribution >= 0.6 is 0 Å². The number of rotatable bonds is 8. The van der Waals surface area contributed by atoms with Crippen LogP contribution in [0.4, 0.5) is 0 Å². The molecule has 1 saturated carbocycles. The fourth-order valence-electron chi connectivity index (χ4n) is 4.26. The molecule has 2 aliphatic rings. The highest BCUT2D eigenvalue weighted by atomic mass is 32.2. The molecule has 2 aromatic rings. The Balaban J connectivity index is 1.31. The number of aryl methyl sites for hydroxylation is 2. The van der Waals surface area contributed by atoms with Gasteiger partial charge in [-0.2, -0.15) is 5.10 Å². The Hall–Kier alpha value is -2.46. The lowest BCUT2D eigenvalue weighted by atomic mass is 10.2. The Morgan fingerprint density at radius 2 is 1.97 bits per heavy atom. The van der Waals surface area contributed by atoms with Crippen molar-refractivity contribution < 1.29 is 13.2 Å². The molecule has 2 N–H and O–H groups in total. The van der Waals surface area contributed by atoms with Gasteiger partial charge in [0.15, 0.2) is 0 Å². The second kappa shape index (κ2) is 9.35. The molecule has 1 fully saturated rings. The summed E-state index contributed by atoms with van der Waals surface area (Å²) in [7, 11) is -3.65. The summed E-state index contributed by atoms with van der Waals surface area (Å²) in [4.78, 5) is 24.9. The zero-order valence-electron chi connectivity index (χ0n) is 17.5.